The summed E-state index contributed by atoms with van der Waals surface area (Å²) in [5.41, 5.74) is 4.64. The van der Waals surface area contributed by atoms with Crippen LogP contribution < -0.4 is 14.4 Å². The Kier molecular flexibility index (Phi) is 5.15. The fourth-order valence-electron chi connectivity index (χ4n) is 4.23. The Balaban J connectivity index is 1.76. The third-order valence-corrected chi connectivity index (χ3v) is 5.84. The molecule has 5 nitrogen and oxygen atoms in total. The largest absolute Gasteiger partial charge is 0.497 e. The third-order valence-electron chi connectivity index (χ3n) is 5.84. The smallest absolute Gasteiger partial charge is 0.236 e. The van der Waals surface area contributed by atoms with E-state index in [1.54, 1.807) is 26.4 Å². The molecule has 0 amide bonds. The number of benzene rings is 4. The molecule has 0 heterocycles. The zero-order valence-electron chi connectivity index (χ0n) is 18.2. The van der Waals surface area contributed by atoms with Gasteiger partial charge in [-0.1, -0.05) is 36.4 Å². The van der Waals surface area contributed by atoms with Crippen molar-refractivity contribution >= 4 is 28.6 Å². The summed E-state index contributed by atoms with van der Waals surface area (Å²) < 4.78 is 10.6. The molecule has 0 atom stereocenters. The zero-order valence-corrected chi connectivity index (χ0v) is 18.2. The van der Waals surface area contributed by atoms with E-state index in [-0.39, 0.29) is 0 Å². The predicted molar refractivity (Wildman–Crippen MR) is 128 cm³/mol. The maximum atomic E-state index is 13.4. The molecular formula is C28H21NO4. The maximum Gasteiger partial charge on any atom is 0.236 e. The van der Waals surface area contributed by atoms with Crippen molar-refractivity contribution in [3.05, 3.63) is 102 Å². The number of Topliss-reactive ketones (excluding diaryl/α,β-unsaturated/α-hetero) is 2. The van der Waals surface area contributed by atoms with Gasteiger partial charge in [0, 0.05) is 16.9 Å². The van der Waals surface area contributed by atoms with E-state index in [1.165, 1.54) is 0 Å². The van der Waals surface area contributed by atoms with Crippen molar-refractivity contribution in [3.8, 4) is 22.6 Å². The molecule has 5 rings (SSSR count). The van der Waals surface area contributed by atoms with E-state index in [0.717, 1.165) is 34.0 Å². The van der Waals surface area contributed by atoms with E-state index >= 15 is 0 Å². The van der Waals surface area contributed by atoms with Crippen LogP contribution in [0.15, 0.2) is 91.0 Å². The number of fused-ring (bicyclic) bond motifs is 3. The lowest BCUT2D eigenvalue weighted by Crippen LogP contribution is -2.24. The summed E-state index contributed by atoms with van der Waals surface area (Å²) in [4.78, 5) is 28.3. The van der Waals surface area contributed by atoms with E-state index < -0.39 is 11.6 Å². The van der Waals surface area contributed by atoms with E-state index in [4.69, 9.17) is 9.47 Å². The van der Waals surface area contributed by atoms with Gasteiger partial charge in [-0.05, 0) is 65.7 Å². The minimum Gasteiger partial charge on any atom is -0.497 e. The van der Waals surface area contributed by atoms with Gasteiger partial charge in [0.1, 0.15) is 11.5 Å². The van der Waals surface area contributed by atoms with Crippen LogP contribution >= 0.6 is 0 Å². The lowest BCUT2D eigenvalue weighted by molar-refractivity contribution is 0.0815. The Hall–Kier alpha value is -4.38. The molecule has 0 bridgehead atoms. The van der Waals surface area contributed by atoms with Crippen molar-refractivity contribution in [3.63, 3.8) is 0 Å². The highest BCUT2D eigenvalue weighted by molar-refractivity contribution is 6.54. The summed E-state index contributed by atoms with van der Waals surface area (Å²) in [5.74, 6) is 0.452. The normalized spacial score (nSPS) is 12.1. The lowest BCUT2D eigenvalue weighted by atomic mass is 9.83. The fraction of sp³-hybridized carbons (Fsp3) is 0.0714. The molecule has 0 fully saturated rings. The number of carbonyl (C=O) groups excluding carboxylic acids is 2. The first kappa shape index (κ1) is 20.5. The van der Waals surface area contributed by atoms with Crippen molar-refractivity contribution in [1.82, 2.24) is 0 Å². The summed E-state index contributed by atoms with van der Waals surface area (Å²) in [7, 11) is 3.23. The molecule has 0 aliphatic heterocycles. The van der Waals surface area contributed by atoms with Gasteiger partial charge in [0.05, 0.1) is 25.5 Å². The quantitative estimate of drug-likeness (QED) is 0.348. The van der Waals surface area contributed by atoms with E-state index in [2.05, 4.69) is 0 Å². The standard InChI is InChI=1S/C28H21NO4/c1-32-20-14-10-18(11-15-20)29(19-12-16-21(33-2)17-13-19)25-9-5-8-23-22-6-3-4-7-24(22)27(30)28(31)26(23)25/h3-17H,1-2H3. The minimum atomic E-state index is -0.508. The number of rotatable bonds is 5. The molecule has 162 valence electrons. The van der Waals surface area contributed by atoms with Crippen molar-refractivity contribution in [2.75, 3.05) is 19.1 Å². The number of methoxy groups -OCH3 is 2. The van der Waals surface area contributed by atoms with Crippen LogP contribution in [0, 0.1) is 0 Å². The van der Waals surface area contributed by atoms with Crippen LogP contribution in [0.3, 0.4) is 0 Å². The number of carbonyl (C=O) groups is 2. The summed E-state index contributed by atoms with van der Waals surface area (Å²) in [6, 6.07) is 28.1. The first-order chi connectivity index (χ1) is 16.1. The number of anilines is 3. The number of hydrogen-bond acceptors (Lipinski definition) is 5. The number of ether oxygens (including phenoxy) is 2. The average molecular weight is 435 g/mol. The summed E-state index contributed by atoms with van der Waals surface area (Å²) in [6.45, 7) is 0. The monoisotopic (exact) mass is 435 g/mol. The van der Waals surface area contributed by atoms with E-state index in [9.17, 15) is 9.59 Å². The van der Waals surface area contributed by atoms with Crippen LogP contribution in [0.2, 0.25) is 0 Å². The molecule has 33 heavy (non-hydrogen) atoms. The lowest BCUT2D eigenvalue weighted by Gasteiger charge is -2.30. The van der Waals surface area contributed by atoms with E-state index in [0.29, 0.717) is 16.8 Å². The molecule has 0 unspecified atom stereocenters. The predicted octanol–water partition coefficient (Wildman–Crippen LogP) is 6.22. The number of ketones is 2. The summed E-state index contributed by atoms with van der Waals surface area (Å²) in [6.07, 6.45) is 0. The highest BCUT2D eigenvalue weighted by Crippen LogP contribution is 2.43. The first-order valence-corrected chi connectivity index (χ1v) is 10.5. The number of hydrogen-bond donors (Lipinski definition) is 0. The Morgan fingerprint density at radius 2 is 1.06 bits per heavy atom. The molecule has 1 aliphatic rings. The molecule has 0 spiro atoms. The van der Waals surface area contributed by atoms with Gasteiger partial charge in [-0.25, -0.2) is 0 Å². The van der Waals surface area contributed by atoms with Gasteiger partial charge >= 0.3 is 0 Å². The second-order valence-corrected chi connectivity index (χ2v) is 7.63. The molecule has 0 N–H and O–H groups in total. The van der Waals surface area contributed by atoms with Gasteiger partial charge in [0.15, 0.2) is 0 Å². The van der Waals surface area contributed by atoms with Gasteiger partial charge in [-0.3, -0.25) is 9.59 Å². The van der Waals surface area contributed by atoms with Crippen molar-refractivity contribution < 1.29 is 19.1 Å². The van der Waals surface area contributed by atoms with Crippen molar-refractivity contribution in [2.45, 2.75) is 0 Å². The third kappa shape index (κ3) is 3.44. The first-order valence-electron chi connectivity index (χ1n) is 10.5. The SMILES string of the molecule is COc1ccc(N(c2ccc(OC)cc2)c2cccc3c2C(=O)C(=O)c2ccccc2-3)cc1. The van der Waals surface area contributed by atoms with Crippen molar-refractivity contribution in [1.29, 1.82) is 0 Å². The van der Waals surface area contributed by atoms with Gasteiger partial charge in [0.25, 0.3) is 0 Å². The van der Waals surface area contributed by atoms with Gasteiger partial charge in [0.2, 0.25) is 11.6 Å². The van der Waals surface area contributed by atoms with Crippen LogP contribution in [-0.2, 0) is 0 Å². The second-order valence-electron chi connectivity index (χ2n) is 7.63. The molecule has 0 radical (unpaired) electrons. The fourth-order valence-corrected chi connectivity index (χ4v) is 4.23. The van der Waals surface area contributed by atoms with Crippen molar-refractivity contribution in [2.24, 2.45) is 0 Å². The minimum absolute atomic E-state index is 0.396. The Morgan fingerprint density at radius 3 is 1.61 bits per heavy atom. The zero-order chi connectivity index (χ0) is 22.9. The Labute approximate surface area is 191 Å². The van der Waals surface area contributed by atoms with Crippen LogP contribution in [0.25, 0.3) is 11.1 Å². The topological polar surface area (TPSA) is 55.8 Å². The van der Waals surface area contributed by atoms with Crippen LogP contribution in [-0.4, -0.2) is 25.8 Å². The van der Waals surface area contributed by atoms with Gasteiger partial charge in [-0.15, -0.1) is 0 Å². The summed E-state index contributed by atoms with van der Waals surface area (Å²) >= 11 is 0. The highest BCUT2D eigenvalue weighted by atomic mass is 16.5. The highest BCUT2D eigenvalue weighted by Gasteiger charge is 2.34. The molecule has 0 aromatic heterocycles. The molecule has 5 heteroatoms. The average Bonchev–Trinajstić information content (AvgIpc) is 2.88. The molecule has 0 saturated heterocycles. The van der Waals surface area contributed by atoms with Gasteiger partial charge in [-0.2, -0.15) is 0 Å². The summed E-state index contributed by atoms with van der Waals surface area (Å²) in [5, 5.41) is 0. The molecular weight excluding hydrogens is 414 g/mol. The second kappa shape index (κ2) is 8.28. The Bertz CT molecular complexity index is 1310. The van der Waals surface area contributed by atoms with Gasteiger partial charge < -0.3 is 14.4 Å². The van der Waals surface area contributed by atoms with Crippen LogP contribution in [0.1, 0.15) is 20.7 Å². The van der Waals surface area contributed by atoms with Crippen LogP contribution in [0.5, 0.6) is 11.5 Å². The van der Waals surface area contributed by atoms with Crippen LogP contribution in [0.4, 0.5) is 17.1 Å². The molecule has 4 aromatic carbocycles. The molecule has 0 saturated carbocycles. The number of nitrogens with zero attached hydrogens (tertiary/aromatic N) is 1. The maximum absolute atomic E-state index is 13.4. The Morgan fingerprint density at radius 1 is 0.545 bits per heavy atom. The molecule has 1 aliphatic carbocycles. The van der Waals surface area contributed by atoms with E-state index in [1.807, 2.05) is 83.8 Å². The molecule has 4 aromatic rings.